The quantitative estimate of drug-likeness (QED) is 0.506. The van der Waals surface area contributed by atoms with Crippen LogP contribution in [0.3, 0.4) is 0 Å². The lowest BCUT2D eigenvalue weighted by Gasteiger charge is -1.99. The molecule has 0 radical (unpaired) electrons. The van der Waals surface area contributed by atoms with E-state index in [1.54, 1.807) is 17.8 Å². The number of hydrogen-bond donors (Lipinski definition) is 1. The topological polar surface area (TPSA) is 51.8 Å². The third-order valence-corrected chi connectivity index (χ3v) is 2.59. The van der Waals surface area contributed by atoms with Crippen LogP contribution in [0.15, 0.2) is 15.8 Å². The summed E-state index contributed by atoms with van der Waals surface area (Å²) in [5.41, 5.74) is 5.54. The van der Waals surface area contributed by atoms with Crippen molar-refractivity contribution in [3.05, 3.63) is 10.7 Å². The zero-order chi connectivity index (χ0) is 8.97. The van der Waals surface area contributed by atoms with E-state index in [1.807, 2.05) is 0 Å². The van der Waals surface area contributed by atoms with E-state index in [4.69, 9.17) is 5.73 Å². The summed E-state index contributed by atoms with van der Waals surface area (Å²) in [6, 6.07) is 1.69. The van der Waals surface area contributed by atoms with Crippen molar-refractivity contribution in [2.24, 2.45) is 0 Å². The maximum Gasteiger partial charge on any atom is 0.190 e. The van der Waals surface area contributed by atoms with E-state index in [-0.39, 0.29) is 0 Å². The number of nitrogens with zero attached hydrogens (tertiary/aromatic N) is 2. The normalized spacial score (nSPS) is 10.2. The number of aromatic nitrogens is 2. The fourth-order valence-corrected chi connectivity index (χ4v) is 1.91. The molecule has 1 aromatic heterocycles. The van der Waals surface area contributed by atoms with Crippen molar-refractivity contribution in [1.82, 2.24) is 9.97 Å². The first-order valence-corrected chi connectivity index (χ1v) is 5.43. The molecular formula is C7H10BrN3S. The average Bonchev–Trinajstić information content (AvgIpc) is 1.99. The highest BCUT2D eigenvalue weighted by atomic mass is 79.9. The first-order valence-electron chi connectivity index (χ1n) is 3.65. The lowest BCUT2D eigenvalue weighted by molar-refractivity contribution is 0.952. The molecule has 1 heterocycles. The van der Waals surface area contributed by atoms with Crippen LogP contribution in [0.1, 0.15) is 13.3 Å². The fourth-order valence-electron chi connectivity index (χ4n) is 0.671. The zero-order valence-corrected chi connectivity index (χ0v) is 9.15. The maximum absolute atomic E-state index is 5.54. The number of nitrogens with two attached hydrogens (primary N) is 1. The van der Waals surface area contributed by atoms with Crippen LogP contribution in [-0.2, 0) is 0 Å². The van der Waals surface area contributed by atoms with Crippen LogP contribution in [-0.4, -0.2) is 15.7 Å². The third kappa shape index (κ3) is 2.98. The van der Waals surface area contributed by atoms with Gasteiger partial charge in [0.05, 0.1) is 0 Å². The molecule has 0 saturated heterocycles. The van der Waals surface area contributed by atoms with Crippen molar-refractivity contribution >= 4 is 33.5 Å². The standard InChI is InChI=1S/C7H10BrN3S/c1-2-3-12-7-10-5(8)4-6(9)11-7/h4H,2-3H2,1H3,(H2,9,10,11). The summed E-state index contributed by atoms with van der Waals surface area (Å²) in [6.07, 6.45) is 1.11. The Morgan fingerprint density at radius 2 is 2.33 bits per heavy atom. The first-order chi connectivity index (χ1) is 5.72. The molecule has 0 aliphatic carbocycles. The number of rotatable bonds is 3. The Morgan fingerprint density at radius 1 is 1.58 bits per heavy atom. The Balaban J connectivity index is 2.72. The second-order valence-corrected chi connectivity index (χ2v) is 4.12. The van der Waals surface area contributed by atoms with E-state index in [0.717, 1.165) is 21.9 Å². The van der Waals surface area contributed by atoms with Gasteiger partial charge in [-0.3, -0.25) is 0 Å². The zero-order valence-electron chi connectivity index (χ0n) is 6.75. The monoisotopic (exact) mass is 247 g/mol. The van der Waals surface area contributed by atoms with Gasteiger partial charge in [0.1, 0.15) is 10.4 Å². The number of halogens is 1. The molecule has 0 atom stereocenters. The van der Waals surface area contributed by atoms with Crippen LogP contribution in [0, 0.1) is 0 Å². The Morgan fingerprint density at radius 3 is 2.92 bits per heavy atom. The molecule has 2 N–H and O–H groups in total. The van der Waals surface area contributed by atoms with Crippen molar-refractivity contribution in [2.75, 3.05) is 11.5 Å². The molecule has 5 heteroatoms. The van der Waals surface area contributed by atoms with E-state index >= 15 is 0 Å². The van der Waals surface area contributed by atoms with Gasteiger partial charge >= 0.3 is 0 Å². The van der Waals surface area contributed by atoms with Crippen molar-refractivity contribution in [2.45, 2.75) is 18.5 Å². The fraction of sp³-hybridized carbons (Fsp3) is 0.429. The van der Waals surface area contributed by atoms with Crippen LogP contribution >= 0.6 is 27.7 Å². The van der Waals surface area contributed by atoms with Crippen molar-refractivity contribution in [3.63, 3.8) is 0 Å². The third-order valence-electron chi connectivity index (χ3n) is 1.13. The van der Waals surface area contributed by atoms with Gasteiger partial charge in [0.15, 0.2) is 5.16 Å². The molecule has 1 rings (SSSR count). The van der Waals surface area contributed by atoms with Gasteiger partial charge in [-0.2, -0.15) is 0 Å². The Hall–Kier alpha value is -0.290. The van der Waals surface area contributed by atoms with E-state index in [9.17, 15) is 0 Å². The molecule has 0 amide bonds. The molecule has 0 spiro atoms. The van der Waals surface area contributed by atoms with Gasteiger partial charge in [0.2, 0.25) is 0 Å². The second-order valence-electron chi connectivity index (χ2n) is 2.25. The van der Waals surface area contributed by atoms with Gasteiger partial charge in [-0.25, -0.2) is 9.97 Å². The largest absolute Gasteiger partial charge is 0.384 e. The maximum atomic E-state index is 5.54. The molecule has 66 valence electrons. The highest BCUT2D eigenvalue weighted by Crippen LogP contribution is 2.18. The Labute approximate surface area is 84.3 Å². The van der Waals surface area contributed by atoms with Crippen molar-refractivity contribution in [3.8, 4) is 0 Å². The molecule has 12 heavy (non-hydrogen) atoms. The summed E-state index contributed by atoms with van der Waals surface area (Å²) in [6.45, 7) is 2.12. The molecule has 0 unspecified atom stereocenters. The highest BCUT2D eigenvalue weighted by Gasteiger charge is 1.99. The molecular weight excluding hydrogens is 238 g/mol. The van der Waals surface area contributed by atoms with Gasteiger partial charge in [-0.15, -0.1) is 0 Å². The average molecular weight is 248 g/mol. The molecule has 0 saturated carbocycles. The summed E-state index contributed by atoms with van der Waals surface area (Å²) in [5.74, 6) is 1.53. The predicted molar refractivity (Wildman–Crippen MR) is 55.2 cm³/mol. The highest BCUT2D eigenvalue weighted by molar-refractivity contribution is 9.10. The lowest BCUT2D eigenvalue weighted by atomic mass is 10.6. The molecule has 0 aliphatic heterocycles. The van der Waals surface area contributed by atoms with Crippen molar-refractivity contribution in [1.29, 1.82) is 0 Å². The molecule has 3 nitrogen and oxygen atoms in total. The van der Waals surface area contributed by atoms with Crippen LogP contribution in [0.5, 0.6) is 0 Å². The van der Waals surface area contributed by atoms with Crippen LogP contribution in [0.25, 0.3) is 0 Å². The summed E-state index contributed by atoms with van der Waals surface area (Å²) < 4.78 is 0.744. The van der Waals surface area contributed by atoms with Gasteiger partial charge in [-0.05, 0) is 22.4 Å². The summed E-state index contributed by atoms with van der Waals surface area (Å²) in [7, 11) is 0. The number of anilines is 1. The molecule has 1 aromatic rings. The van der Waals surface area contributed by atoms with Gasteiger partial charge in [0.25, 0.3) is 0 Å². The van der Waals surface area contributed by atoms with E-state index < -0.39 is 0 Å². The van der Waals surface area contributed by atoms with Crippen LogP contribution in [0.4, 0.5) is 5.82 Å². The molecule has 0 fully saturated rings. The van der Waals surface area contributed by atoms with E-state index in [1.165, 1.54) is 0 Å². The van der Waals surface area contributed by atoms with Gasteiger partial charge < -0.3 is 5.73 Å². The predicted octanol–water partition coefficient (Wildman–Crippen LogP) is 2.32. The van der Waals surface area contributed by atoms with Crippen LogP contribution in [0.2, 0.25) is 0 Å². The summed E-state index contributed by atoms with van der Waals surface area (Å²) >= 11 is 4.88. The minimum absolute atomic E-state index is 0.510. The van der Waals surface area contributed by atoms with Gasteiger partial charge in [0, 0.05) is 11.8 Å². The molecule has 0 aliphatic rings. The second kappa shape index (κ2) is 4.67. The SMILES string of the molecule is CCCSc1nc(N)cc(Br)n1. The smallest absolute Gasteiger partial charge is 0.190 e. The van der Waals surface area contributed by atoms with Gasteiger partial charge in [-0.1, -0.05) is 18.7 Å². The minimum Gasteiger partial charge on any atom is -0.384 e. The Kier molecular flexibility index (Phi) is 3.81. The molecule has 0 bridgehead atoms. The number of thioether (sulfide) groups is 1. The number of nitrogen functional groups attached to an aromatic ring is 1. The molecule has 0 aromatic carbocycles. The Bertz CT molecular complexity index is 247. The first kappa shape index (κ1) is 9.80. The number of hydrogen-bond acceptors (Lipinski definition) is 4. The minimum atomic E-state index is 0.510. The lowest BCUT2D eigenvalue weighted by Crippen LogP contribution is -1.95. The van der Waals surface area contributed by atoms with Crippen molar-refractivity contribution < 1.29 is 0 Å². The summed E-state index contributed by atoms with van der Waals surface area (Å²) in [4.78, 5) is 8.23. The van der Waals surface area contributed by atoms with E-state index in [0.29, 0.717) is 5.82 Å². The summed E-state index contributed by atoms with van der Waals surface area (Å²) in [5, 5.41) is 0.740. The van der Waals surface area contributed by atoms with E-state index in [2.05, 4.69) is 32.8 Å². The van der Waals surface area contributed by atoms with Crippen LogP contribution < -0.4 is 5.73 Å².